The zero-order chi connectivity index (χ0) is 17.8. The van der Waals surface area contributed by atoms with E-state index in [9.17, 15) is 9.59 Å². The van der Waals surface area contributed by atoms with Crippen molar-refractivity contribution < 1.29 is 14.3 Å². The van der Waals surface area contributed by atoms with Crippen LogP contribution in [0.5, 0.6) is 5.75 Å². The molecule has 0 atom stereocenters. The molecule has 3 rings (SSSR count). The predicted octanol–water partition coefficient (Wildman–Crippen LogP) is 2.73. The number of aryl methyl sites for hydroxylation is 1. The van der Waals surface area contributed by atoms with Crippen molar-refractivity contribution in [1.29, 1.82) is 0 Å². The standard InChI is InChI=1S/C19H21N3O3/c1-25-17-8-6-14(11-15(17)20)21-18(23)4-2-3-12-5-7-16-13(9-12)10-19(24)22-16/h5-9,11H,2-4,10,20H2,1H3,(H,21,23)(H,22,24). The molecule has 0 radical (unpaired) electrons. The van der Waals surface area contributed by atoms with Crippen molar-refractivity contribution in [1.82, 2.24) is 0 Å². The minimum atomic E-state index is -0.0532. The average molecular weight is 339 g/mol. The molecule has 6 nitrogen and oxygen atoms in total. The zero-order valence-electron chi connectivity index (χ0n) is 14.1. The van der Waals surface area contributed by atoms with E-state index in [1.807, 2.05) is 18.2 Å². The molecule has 0 unspecified atom stereocenters. The Morgan fingerprint density at radius 1 is 1.28 bits per heavy atom. The third-order valence-corrected chi connectivity index (χ3v) is 4.18. The van der Waals surface area contributed by atoms with Gasteiger partial charge in [-0.25, -0.2) is 0 Å². The van der Waals surface area contributed by atoms with Crippen LogP contribution < -0.4 is 21.1 Å². The van der Waals surface area contributed by atoms with Gasteiger partial charge in [-0.3, -0.25) is 9.59 Å². The largest absolute Gasteiger partial charge is 0.495 e. The molecule has 130 valence electrons. The van der Waals surface area contributed by atoms with Gasteiger partial charge < -0.3 is 21.1 Å². The fraction of sp³-hybridized carbons (Fsp3) is 0.263. The third kappa shape index (κ3) is 4.09. The van der Waals surface area contributed by atoms with E-state index in [4.69, 9.17) is 10.5 Å². The summed E-state index contributed by atoms with van der Waals surface area (Å²) < 4.78 is 5.09. The smallest absolute Gasteiger partial charge is 0.228 e. The van der Waals surface area contributed by atoms with Gasteiger partial charge in [-0.2, -0.15) is 0 Å². The van der Waals surface area contributed by atoms with Gasteiger partial charge in [0, 0.05) is 17.8 Å². The van der Waals surface area contributed by atoms with Crippen molar-refractivity contribution in [3.8, 4) is 5.75 Å². The first-order chi connectivity index (χ1) is 12.0. The van der Waals surface area contributed by atoms with Gasteiger partial charge in [0.05, 0.1) is 19.2 Å². The molecule has 0 fully saturated rings. The number of amides is 2. The Balaban J connectivity index is 1.49. The van der Waals surface area contributed by atoms with Gasteiger partial charge in [0.15, 0.2) is 0 Å². The van der Waals surface area contributed by atoms with Gasteiger partial charge >= 0.3 is 0 Å². The van der Waals surface area contributed by atoms with E-state index in [-0.39, 0.29) is 11.8 Å². The van der Waals surface area contributed by atoms with Gasteiger partial charge in [-0.05, 0) is 48.2 Å². The number of hydrogen-bond donors (Lipinski definition) is 3. The number of fused-ring (bicyclic) bond motifs is 1. The van der Waals surface area contributed by atoms with Crippen LogP contribution in [0.3, 0.4) is 0 Å². The number of nitrogens with one attached hydrogen (secondary N) is 2. The minimum Gasteiger partial charge on any atom is -0.495 e. The molecule has 2 amide bonds. The Labute approximate surface area is 146 Å². The molecule has 0 aliphatic carbocycles. The molecule has 0 saturated heterocycles. The Kier molecular flexibility index (Phi) is 4.88. The highest BCUT2D eigenvalue weighted by molar-refractivity contribution is 5.99. The molecule has 0 spiro atoms. The van der Waals surface area contributed by atoms with Crippen LogP contribution >= 0.6 is 0 Å². The number of hydrogen-bond acceptors (Lipinski definition) is 4. The summed E-state index contributed by atoms with van der Waals surface area (Å²) in [5.41, 5.74) is 10.0. The fourth-order valence-corrected chi connectivity index (χ4v) is 2.93. The molecule has 2 aromatic rings. The van der Waals surface area contributed by atoms with Crippen molar-refractivity contribution in [3.05, 3.63) is 47.5 Å². The molecule has 4 N–H and O–H groups in total. The molecule has 0 bridgehead atoms. The van der Waals surface area contributed by atoms with E-state index in [1.165, 1.54) is 0 Å². The van der Waals surface area contributed by atoms with Crippen LogP contribution in [0, 0.1) is 0 Å². The molecular weight excluding hydrogens is 318 g/mol. The first kappa shape index (κ1) is 16.8. The van der Waals surface area contributed by atoms with Gasteiger partial charge in [-0.15, -0.1) is 0 Å². The van der Waals surface area contributed by atoms with E-state index in [1.54, 1.807) is 25.3 Å². The number of benzene rings is 2. The predicted molar refractivity (Wildman–Crippen MR) is 97.7 cm³/mol. The SMILES string of the molecule is COc1ccc(NC(=O)CCCc2ccc3c(c2)CC(=O)N3)cc1N. The van der Waals surface area contributed by atoms with Crippen molar-refractivity contribution in [2.75, 3.05) is 23.5 Å². The van der Waals surface area contributed by atoms with Gasteiger partial charge in [0.1, 0.15) is 5.75 Å². The second-order valence-corrected chi connectivity index (χ2v) is 6.07. The summed E-state index contributed by atoms with van der Waals surface area (Å²) in [5.74, 6) is 0.565. The summed E-state index contributed by atoms with van der Waals surface area (Å²) in [4.78, 5) is 23.4. The van der Waals surface area contributed by atoms with Gasteiger partial charge in [-0.1, -0.05) is 12.1 Å². The van der Waals surface area contributed by atoms with E-state index < -0.39 is 0 Å². The number of rotatable bonds is 6. The highest BCUT2D eigenvalue weighted by Gasteiger charge is 2.17. The monoisotopic (exact) mass is 339 g/mol. The van der Waals surface area contributed by atoms with Crippen molar-refractivity contribution >= 4 is 28.9 Å². The first-order valence-corrected chi connectivity index (χ1v) is 8.20. The Bertz CT molecular complexity index is 818. The number of nitrogen functional groups attached to an aromatic ring is 1. The molecule has 1 heterocycles. The Hall–Kier alpha value is -3.02. The van der Waals surface area contributed by atoms with Crippen LogP contribution in [0.1, 0.15) is 24.0 Å². The average Bonchev–Trinajstić information content (AvgIpc) is 2.94. The summed E-state index contributed by atoms with van der Waals surface area (Å²) in [7, 11) is 1.55. The van der Waals surface area contributed by atoms with Crippen LogP contribution in [0.25, 0.3) is 0 Å². The van der Waals surface area contributed by atoms with Gasteiger partial charge in [0.2, 0.25) is 11.8 Å². The van der Waals surface area contributed by atoms with Crippen molar-refractivity contribution in [2.45, 2.75) is 25.7 Å². The molecule has 1 aliphatic rings. The first-order valence-electron chi connectivity index (χ1n) is 8.20. The number of methoxy groups -OCH3 is 1. The van der Waals surface area contributed by atoms with Crippen LogP contribution in [0.4, 0.5) is 17.1 Å². The van der Waals surface area contributed by atoms with E-state index in [0.29, 0.717) is 30.0 Å². The highest BCUT2D eigenvalue weighted by atomic mass is 16.5. The molecule has 25 heavy (non-hydrogen) atoms. The van der Waals surface area contributed by atoms with Crippen LogP contribution in [-0.4, -0.2) is 18.9 Å². The second-order valence-electron chi connectivity index (χ2n) is 6.07. The second kappa shape index (κ2) is 7.25. The van der Waals surface area contributed by atoms with Crippen LogP contribution in [0.15, 0.2) is 36.4 Å². The maximum absolute atomic E-state index is 12.1. The van der Waals surface area contributed by atoms with Crippen LogP contribution in [0.2, 0.25) is 0 Å². The minimum absolute atomic E-state index is 0.0327. The maximum Gasteiger partial charge on any atom is 0.228 e. The molecule has 6 heteroatoms. The number of carbonyl (C=O) groups excluding carboxylic acids is 2. The lowest BCUT2D eigenvalue weighted by Gasteiger charge is -2.09. The molecule has 1 aliphatic heterocycles. The lowest BCUT2D eigenvalue weighted by Crippen LogP contribution is -2.11. The Morgan fingerprint density at radius 2 is 2.12 bits per heavy atom. The number of carbonyl (C=O) groups is 2. The van der Waals surface area contributed by atoms with Crippen molar-refractivity contribution in [3.63, 3.8) is 0 Å². The zero-order valence-corrected chi connectivity index (χ0v) is 14.1. The Morgan fingerprint density at radius 3 is 2.88 bits per heavy atom. The summed E-state index contributed by atoms with van der Waals surface area (Å²) in [6, 6.07) is 11.1. The molecule has 0 aromatic heterocycles. The summed E-state index contributed by atoms with van der Waals surface area (Å²) >= 11 is 0. The van der Waals surface area contributed by atoms with E-state index >= 15 is 0 Å². The molecular formula is C19H21N3O3. The summed E-state index contributed by atoms with van der Waals surface area (Å²) in [5, 5.41) is 5.66. The van der Waals surface area contributed by atoms with Gasteiger partial charge in [0.25, 0.3) is 0 Å². The third-order valence-electron chi connectivity index (χ3n) is 4.18. The highest BCUT2D eigenvalue weighted by Crippen LogP contribution is 2.25. The summed E-state index contributed by atoms with van der Waals surface area (Å²) in [6.45, 7) is 0. The number of anilines is 3. The van der Waals surface area contributed by atoms with E-state index in [2.05, 4.69) is 10.6 Å². The number of ether oxygens (including phenoxy) is 1. The normalized spacial score (nSPS) is 12.4. The lowest BCUT2D eigenvalue weighted by atomic mass is 10.0. The summed E-state index contributed by atoms with van der Waals surface area (Å²) in [6.07, 6.45) is 2.38. The topological polar surface area (TPSA) is 93.4 Å². The van der Waals surface area contributed by atoms with E-state index in [0.717, 1.165) is 29.7 Å². The molecule has 0 saturated carbocycles. The quantitative estimate of drug-likeness (QED) is 0.706. The fourth-order valence-electron chi connectivity index (χ4n) is 2.93. The van der Waals surface area contributed by atoms with Crippen LogP contribution in [-0.2, 0) is 22.4 Å². The number of nitrogens with two attached hydrogens (primary N) is 1. The maximum atomic E-state index is 12.1. The molecule has 2 aromatic carbocycles. The lowest BCUT2D eigenvalue weighted by molar-refractivity contribution is -0.116. The van der Waals surface area contributed by atoms with Crippen molar-refractivity contribution in [2.24, 2.45) is 0 Å².